The van der Waals surface area contributed by atoms with Crippen molar-refractivity contribution in [3.63, 3.8) is 0 Å². The van der Waals surface area contributed by atoms with E-state index in [-0.39, 0.29) is 5.82 Å². The van der Waals surface area contributed by atoms with Crippen molar-refractivity contribution >= 4 is 0 Å². The number of hydrogen-bond acceptors (Lipinski definition) is 1. The highest BCUT2D eigenvalue weighted by atomic mass is 19.1. The molecule has 0 amide bonds. The van der Waals surface area contributed by atoms with Gasteiger partial charge in [-0.2, -0.15) is 0 Å². The quantitative estimate of drug-likeness (QED) is 0.841. The minimum atomic E-state index is -0.390. The van der Waals surface area contributed by atoms with E-state index in [4.69, 9.17) is 0 Å². The summed E-state index contributed by atoms with van der Waals surface area (Å²) in [5.41, 5.74) is 2.75. The summed E-state index contributed by atoms with van der Waals surface area (Å²) >= 11 is 0. The third kappa shape index (κ3) is 1.87. The SMILES string of the molecule is Cc1cc(F)cc(C)c1C(O)C1C2CCCCC21. The molecule has 1 N–H and O–H groups in total. The summed E-state index contributed by atoms with van der Waals surface area (Å²) in [5.74, 6) is 1.67. The molecule has 1 aromatic rings. The Morgan fingerprint density at radius 2 is 1.61 bits per heavy atom. The predicted octanol–water partition coefficient (Wildman–Crippen LogP) is 3.91. The van der Waals surface area contributed by atoms with E-state index in [2.05, 4.69) is 0 Å². The number of hydrogen-bond donors (Lipinski definition) is 1. The van der Waals surface area contributed by atoms with Crippen LogP contribution in [0.3, 0.4) is 0 Å². The zero-order valence-electron chi connectivity index (χ0n) is 11.1. The van der Waals surface area contributed by atoms with E-state index in [9.17, 15) is 9.50 Å². The van der Waals surface area contributed by atoms with Crippen molar-refractivity contribution in [1.29, 1.82) is 0 Å². The van der Waals surface area contributed by atoms with Gasteiger partial charge in [-0.3, -0.25) is 0 Å². The van der Waals surface area contributed by atoms with Crippen LogP contribution in [0.5, 0.6) is 0 Å². The lowest BCUT2D eigenvalue weighted by Gasteiger charge is -2.17. The second-order valence-corrected chi connectivity index (χ2v) is 6.09. The molecule has 98 valence electrons. The van der Waals surface area contributed by atoms with Crippen LogP contribution >= 0.6 is 0 Å². The third-order valence-electron chi connectivity index (χ3n) is 4.94. The van der Waals surface area contributed by atoms with Gasteiger partial charge in [0.2, 0.25) is 0 Å². The molecule has 0 aliphatic heterocycles. The predicted molar refractivity (Wildman–Crippen MR) is 69.8 cm³/mol. The van der Waals surface area contributed by atoms with Gasteiger partial charge in [0, 0.05) is 0 Å². The maximum absolute atomic E-state index is 13.3. The van der Waals surface area contributed by atoms with Crippen LogP contribution in [-0.4, -0.2) is 5.11 Å². The monoisotopic (exact) mass is 248 g/mol. The summed E-state index contributed by atoms with van der Waals surface area (Å²) < 4.78 is 13.3. The highest BCUT2D eigenvalue weighted by molar-refractivity contribution is 5.37. The van der Waals surface area contributed by atoms with Gasteiger partial charge >= 0.3 is 0 Å². The normalized spacial score (nSPS) is 31.9. The Hall–Kier alpha value is -0.890. The highest BCUT2D eigenvalue weighted by Crippen LogP contribution is 2.60. The van der Waals surface area contributed by atoms with Crippen LogP contribution in [0.4, 0.5) is 4.39 Å². The zero-order chi connectivity index (χ0) is 12.9. The Labute approximate surface area is 108 Å². The summed E-state index contributed by atoms with van der Waals surface area (Å²) in [7, 11) is 0. The first-order valence-corrected chi connectivity index (χ1v) is 7.04. The molecular weight excluding hydrogens is 227 g/mol. The molecule has 0 heterocycles. The molecule has 18 heavy (non-hydrogen) atoms. The molecule has 0 bridgehead atoms. The van der Waals surface area contributed by atoms with Gasteiger partial charge in [-0.15, -0.1) is 0 Å². The van der Waals surface area contributed by atoms with Gasteiger partial charge < -0.3 is 5.11 Å². The van der Waals surface area contributed by atoms with Crippen molar-refractivity contribution in [3.8, 4) is 0 Å². The fourth-order valence-electron chi connectivity index (χ4n) is 4.10. The maximum Gasteiger partial charge on any atom is 0.123 e. The number of aryl methyl sites for hydroxylation is 2. The third-order valence-corrected chi connectivity index (χ3v) is 4.94. The van der Waals surface area contributed by atoms with E-state index in [1.165, 1.54) is 37.8 Å². The van der Waals surface area contributed by atoms with E-state index in [0.717, 1.165) is 28.5 Å². The highest BCUT2D eigenvalue weighted by Gasteiger charge is 2.54. The molecule has 0 radical (unpaired) electrons. The van der Waals surface area contributed by atoms with Gasteiger partial charge in [0.1, 0.15) is 5.82 Å². The van der Waals surface area contributed by atoms with Crippen LogP contribution < -0.4 is 0 Å². The molecule has 2 fully saturated rings. The molecular formula is C16H21FO. The molecule has 2 aliphatic carbocycles. The average Bonchev–Trinajstić information content (AvgIpc) is 3.01. The number of halogens is 1. The van der Waals surface area contributed by atoms with Crippen LogP contribution in [0.15, 0.2) is 12.1 Å². The lowest BCUT2D eigenvalue weighted by molar-refractivity contribution is 0.140. The lowest BCUT2D eigenvalue weighted by atomic mass is 9.94. The standard InChI is InChI=1S/C16H21FO/c1-9-7-11(17)8-10(2)14(9)16(18)15-12-5-3-4-6-13(12)15/h7-8,12-13,15-16,18H,3-6H2,1-2H3. The van der Waals surface area contributed by atoms with Gasteiger partial charge in [0.25, 0.3) is 0 Å². The van der Waals surface area contributed by atoms with Crippen LogP contribution in [0, 0.1) is 37.4 Å². The number of fused-ring (bicyclic) bond motifs is 1. The van der Waals surface area contributed by atoms with Gasteiger partial charge in [-0.1, -0.05) is 12.8 Å². The van der Waals surface area contributed by atoms with E-state index in [0.29, 0.717) is 5.92 Å². The summed E-state index contributed by atoms with van der Waals surface area (Å²) in [6.07, 6.45) is 4.77. The minimum absolute atomic E-state index is 0.200. The lowest BCUT2D eigenvalue weighted by Crippen LogP contribution is -2.07. The number of rotatable bonds is 2. The van der Waals surface area contributed by atoms with Gasteiger partial charge in [-0.25, -0.2) is 4.39 Å². The van der Waals surface area contributed by atoms with Gasteiger partial charge in [-0.05, 0) is 73.3 Å². The summed E-state index contributed by atoms with van der Waals surface area (Å²) in [5, 5.41) is 10.6. The molecule has 0 saturated heterocycles. The molecule has 1 nitrogen and oxygen atoms in total. The molecule has 2 heteroatoms. The molecule has 0 aromatic heterocycles. The Bertz CT molecular complexity index is 433. The Morgan fingerprint density at radius 1 is 1.11 bits per heavy atom. The zero-order valence-corrected chi connectivity index (χ0v) is 11.1. The van der Waals surface area contributed by atoms with Crippen molar-refractivity contribution in [1.82, 2.24) is 0 Å². The molecule has 2 saturated carbocycles. The summed E-state index contributed by atoms with van der Waals surface area (Å²) in [4.78, 5) is 0. The molecule has 3 rings (SSSR count). The topological polar surface area (TPSA) is 20.2 Å². The van der Waals surface area contributed by atoms with Crippen LogP contribution in [-0.2, 0) is 0 Å². The van der Waals surface area contributed by atoms with E-state index in [1.54, 1.807) is 0 Å². The number of aliphatic hydroxyl groups excluding tert-OH is 1. The fourth-order valence-corrected chi connectivity index (χ4v) is 4.10. The number of aliphatic hydroxyl groups is 1. The molecule has 3 atom stereocenters. The Morgan fingerprint density at radius 3 is 2.11 bits per heavy atom. The molecule has 2 aliphatic rings. The molecule has 1 aromatic carbocycles. The van der Waals surface area contributed by atoms with Gasteiger partial charge in [0.05, 0.1) is 6.10 Å². The van der Waals surface area contributed by atoms with E-state index in [1.807, 2.05) is 13.8 Å². The Kier molecular flexibility index (Phi) is 2.93. The molecule has 3 unspecified atom stereocenters. The summed E-state index contributed by atoms with van der Waals surface area (Å²) in [6, 6.07) is 3.08. The van der Waals surface area contributed by atoms with Crippen LogP contribution in [0.25, 0.3) is 0 Å². The first kappa shape index (κ1) is 12.2. The minimum Gasteiger partial charge on any atom is -0.388 e. The Balaban J connectivity index is 1.87. The van der Waals surface area contributed by atoms with Crippen LogP contribution in [0.1, 0.15) is 48.5 Å². The first-order chi connectivity index (χ1) is 8.59. The van der Waals surface area contributed by atoms with Crippen molar-refractivity contribution < 1.29 is 9.50 Å². The van der Waals surface area contributed by atoms with Crippen LogP contribution in [0.2, 0.25) is 0 Å². The van der Waals surface area contributed by atoms with Crippen molar-refractivity contribution in [2.24, 2.45) is 17.8 Å². The summed E-state index contributed by atoms with van der Waals surface area (Å²) in [6.45, 7) is 3.81. The van der Waals surface area contributed by atoms with Crippen molar-refractivity contribution in [2.45, 2.75) is 45.6 Å². The van der Waals surface area contributed by atoms with E-state index >= 15 is 0 Å². The average molecular weight is 248 g/mol. The smallest absolute Gasteiger partial charge is 0.123 e. The second-order valence-electron chi connectivity index (χ2n) is 6.09. The fraction of sp³-hybridized carbons (Fsp3) is 0.625. The first-order valence-electron chi connectivity index (χ1n) is 7.04. The second kappa shape index (κ2) is 4.34. The largest absolute Gasteiger partial charge is 0.388 e. The maximum atomic E-state index is 13.3. The van der Waals surface area contributed by atoms with Gasteiger partial charge in [0.15, 0.2) is 0 Å². The number of benzene rings is 1. The van der Waals surface area contributed by atoms with Crippen molar-refractivity contribution in [2.75, 3.05) is 0 Å². The van der Waals surface area contributed by atoms with Crippen molar-refractivity contribution in [3.05, 3.63) is 34.6 Å². The molecule has 0 spiro atoms. The van der Waals surface area contributed by atoms with E-state index < -0.39 is 6.10 Å².